The highest BCUT2D eigenvalue weighted by Crippen LogP contribution is 2.37. The van der Waals surface area contributed by atoms with E-state index < -0.39 is 51.2 Å². The molecule has 0 saturated heterocycles. The Morgan fingerprint density at radius 3 is 2.21 bits per heavy atom. The minimum atomic E-state index is -4.86. The van der Waals surface area contributed by atoms with Gasteiger partial charge in [-0.3, -0.25) is 13.9 Å². The molecular formula is C31H35ClF3N3O4S. The summed E-state index contributed by atoms with van der Waals surface area (Å²) in [5.74, 6) is -1.20. The van der Waals surface area contributed by atoms with Crippen molar-refractivity contribution in [3.05, 3.63) is 100 Å². The van der Waals surface area contributed by atoms with Gasteiger partial charge in [-0.2, -0.15) is 13.2 Å². The average Bonchev–Trinajstić information content (AvgIpc) is 2.94. The number of aryl methyl sites for hydroxylation is 1. The molecule has 0 heterocycles. The van der Waals surface area contributed by atoms with E-state index in [0.29, 0.717) is 16.8 Å². The van der Waals surface area contributed by atoms with Crippen LogP contribution in [-0.2, 0) is 38.8 Å². The number of alkyl halides is 3. The van der Waals surface area contributed by atoms with Crippen molar-refractivity contribution in [1.29, 1.82) is 0 Å². The van der Waals surface area contributed by atoms with E-state index in [1.807, 2.05) is 51.1 Å². The lowest BCUT2D eigenvalue weighted by molar-refractivity contribution is -0.140. The van der Waals surface area contributed by atoms with Crippen molar-refractivity contribution in [2.24, 2.45) is 0 Å². The molecule has 0 aliphatic heterocycles. The van der Waals surface area contributed by atoms with E-state index in [1.165, 1.54) is 4.90 Å². The second-order valence-corrected chi connectivity index (χ2v) is 12.7. The fourth-order valence-corrected chi connectivity index (χ4v) is 5.53. The molecule has 0 bridgehead atoms. The summed E-state index contributed by atoms with van der Waals surface area (Å²) in [6.07, 6.45) is -3.30. The Morgan fingerprint density at radius 2 is 1.63 bits per heavy atom. The minimum absolute atomic E-state index is 0.0387. The lowest BCUT2D eigenvalue weighted by Gasteiger charge is -2.34. The number of carbonyl (C=O) groups excluding carboxylic acids is 2. The van der Waals surface area contributed by atoms with Crippen LogP contribution in [0.1, 0.15) is 42.5 Å². The molecule has 0 aromatic heterocycles. The number of nitrogens with one attached hydrogen (secondary N) is 1. The molecule has 1 N–H and O–H groups in total. The van der Waals surface area contributed by atoms with E-state index in [0.717, 1.165) is 35.1 Å². The van der Waals surface area contributed by atoms with Gasteiger partial charge in [0, 0.05) is 19.0 Å². The van der Waals surface area contributed by atoms with Crippen LogP contribution in [0.25, 0.3) is 0 Å². The van der Waals surface area contributed by atoms with Crippen LogP contribution < -0.4 is 9.62 Å². The summed E-state index contributed by atoms with van der Waals surface area (Å²) in [7, 11) is -4.26. The van der Waals surface area contributed by atoms with Crippen molar-refractivity contribution < 1.29 is 31.2 Å². The number of rotatable bonds is 12. The van der Waals surface area contributed by atoms with E-state index in [4.69, 9.17) is 11.6 Å². The van der Waals surface area contributed by atoms with Crippen LogP contribution in [0.3, 0.4) is 0 Å². The second kappa shape index (κ2) is 14.3. The van der Waals surface area contributed by atoms with E-state index in [2.05, 4.69) is 5.32 Å². The van der Waals surface area contributed by atoms with E-state index in [1.54, 1.807) is 24.3 Å². The standard InChI is InChI=1S/C31H35ClF3N3O4S/c1-5-22(3)36-30(40)28(17-23-12-7-6-8-13-23)37(19-24-14-10-9-11-21(24)2)29(39)20-38(43(4,41)42)25-15-16-27(32)26(18-25)31(33,34)35/h6-16,18,22,28H,5,17,19-20H2,1-4H3,(H,36,40)/t22-,28-/m0/s1. The lowest BCUT2D eigenvalue weighted by Crippen LogP contribution is -2.54. The maximum atomic E-state index is 14.1. The highest BCUT2D eigenvalue weighted by atomic mass is 35.5. The van der Waals surface area contributed by atoms with Gasteiger partial charge < -0.3 is 10.2 Å². The van der Waals surface area contributed by atoms with Gasteiger partial charge in [-0.1, -0.05) is 73.1 Å². The summed E-state index contributed by atoms with van der Waals surface area (Å²) in [4.78, 5) is 29.1. The van der Waals surface area contributed by atoms with Crippen molar-refractivity contribution in [3.63, 3.8) is 0 Å². The van der Waals surface area contributed by atoms with Crippen LogP contribution in [0.5, 0.6) is 0 Å². The smallest absolute Gasteiger partial charge is 0.352 e. The van der Waals surface area contributed by atoms with Crippen molar-refractivity contribution in [2.45, 2.75) is 58.4 Å². The largest absolute Gasteiger partial charge is 0.417 e. The predicted octanol–water partition coefficient (Wildman–Crippen LogP) is 5.99. The third kappa shape index (κ3) is 9.21. The van der Waals surface area contributed by atoms with Crippen molar-refractivity contribution in [2.75, 3.05) is 17.1 Å². The first-order valence-corrected chi connectivity index (χ1v) is 15.9. The van der Waals surface area contributed by atoms with Gasteiger partial charge in [0.05, 0.1) is 22.5 Å². The number of anilines is 1. The number of halogens is 4. The average molecular weight is 638 g/mol. The molecular weight excluding hydrogens is 603 g/mol. The maximum Gasteiger partial charge on any atom is 0.417 e. The zero-order chi connectivity index (χ0) is 31.9. The molecule has 232 valence electrons. The predicted molar refractivity (Wildman–Crippen MR) is 162 cm³/mol. The van der Waals surface area contributed by atoms with Crippen molar-refractivity contribution >= 4 is 39.1 Å². The highest BCUT2D eigenvalue weighted by Gasteiger charge is 2.36. The number of carbonyl (C=O) groups is 2. The van der Waals surface area contributed by atoms with Gasteiger partial charge in [-0.15, -0.1) is 0 Å². The molecule has 43 heavy (non-hydrogen) atoms. The normalized spacial score (nSPS) is 13.2. The summed E-state index contributed by atoms with van der Waals surface area (Å²) in [5, 5.41) is 2.32. The van der Waals surface area contributed by atoms with E-state index >= 15 is 0 Å². The van der Waals surface area contributed by atoms with Gasteiger partial charge in [0.2, 0.25) is 21.8 Å². The summed E-state index contributed by atoms with van der Waals surface area (Å²) in [5.41, 5.74) is 0.712. The van der Waals surface area contributed by atoms with Gasteiger partial charge in [0.25, 0.3) is 0 Å². The first-order chi connectivity index (χ1) is 20.1. The first-order valence-electron chi connectivity index (χ1n) is 13.6. The summed E-state index contributed by atoms with van der Waals surface area (Å²) in [6.45, 7) is 4.70. The molecule has 0 aliphatic rings. The Kier molecular flexibility index (Phi) is 11.3. The fraction of sp³-hybridized carbons (Fsp3) is 0.355. The van der Waals surface area contributed by atoms with E-state index in [-0.39, 0.29) is 24.7 Å². The van der Waals surface area contributed by atoms with Gasteiger partial charge in [0.1, 0.15) is 12.6 Å². The van der Waals surface area contributed by atoms with Crippen LogP contribution >= 0.6 is 11.6 Å². The van der Waals surface area contributed by atoms with Gasteiger partial charge in [-0.25, -0.2) is 8.42 Å². The van der Waals surface area contributed by atoms with Crippen LogP contribution in [-0.4, -0.2) is 50.0 Å². The van der Waals surface area contributed by atoms with E-state index in [9.17, 15) is 31.2 Å². The quantitative estimate of drug-likeness (QED) is 0.264. The number of hydrogen-bond acceptors (Lipinski definition) is 4. The van der Waals surface area contributed by atoms with Gasteiger partial charge in [-0.05, 0) is 55.2 Å². The van der Waals surface area contributed by atoms with Gasteiger partial charge >= 0.3 is 6.18 Å². The van der Waals surface area contributed by atoms with Crippen LogP contribution in [0.15, 0.2) is 72.8 Å². The zero-order valence-electron chi connectivity index (χ0n) is 24.4. The third-order valence-electron chi connectivity index (χ3n) is 7.10. The molecule has 0 radical (unpaired) electrons. The maximum absolute atomic E-state index is 14.1. The number of nitrogens with zero attached hydrogens (tertiary/aromatic N) is 2. The van der Waals surface area contributed by atoms with Crippen molar-refractivity contribution in [1.82, 2.24) is 10.2 Å². The number of amides is 2. The van der Waals surface area contributed by atoms with Crippen LogP contribution in [0.4, 0.5) is 18.9 Å². The SMILES string of the molecule is CC[C@H](C)NC(=O)[C@H](Cc1ccccc1)N(Cc1ccccc1C)C(=O)CN(c1ccc(Cl)c(C(F)(F)F)c1)S(C)(=O)=O. The van der Waals surface area contributed by atoms with Crippen LogP contribution in [0, 0.1) is 6.92 Å². The molecule has 3 aromatic rings. The molecule has 0 unspecified atom stereocenters. The van der Waals surface area contributed by atoms with Crippen molar-refractivity contribution in [3.8, 4) is 0 Å². The summed E-state index contributed by atoms with van der Waals surface area (Å²) >= 11 is 5.76. The molecule has 2 atom stereocenters. The molecule has 0 saturated carbocycles. The fourth-order valence-electron chi connectivity index (χ4n) is 4.47. The monoisotopic (exact) mass is 637 g/mol. The minimum Gasteiger partial charge on any atom is -0.352 e. The molecule has 0 aliphatic carbocycles. The number of hydrogen-bond donors (Lipinski definition) is 1. The summed E-state index contributed by atoms with van der Waals surface area (Å²) < 4.78 is 67.2. The lowest BCUT2D eigenvalue weighted by atomic mass is 10.0. The zero-order valence-corrected chi connectivity index (χ0v) is 25.9. The first kappa shape index (κ1) is 33.9. The molecule has 7 nitrogen and oxygen atoms in total. The Balaban J connectivity index is 2.12. The number of benzene rings is 3. The Hall–Kier alpha value is -3.57. The Morgan fingerprint density at radius 1 is 1.00 bits per heavy atom. The molecule has 3 aromatic carbocycles. The highest BCUT2D eigenvalue weighted by molar-refractivity contribution is 7.92. The molecule has 3 rings (SSSR count). The third-order valence-corrected chi connectivity index (χ3v) is 8.57. The molecule has 0 spiro atoms. The van der Waals surface area contributed by atoms with Gasteiger partial charge in [0.15, 0.2) is 0 Å². The second-order valence-electron chi connectivity index (χ2n) is 10.4. The summed E-state index contributed by atoms with van der Waals surface area (Å²) in [6, 6.07) is 17.7. The molecule has 2 amide bonds. The number of sulfonamides is 1. The molecule has 0 fully saturated rings. The Labute approximate surface area is 255 Å². The van der Waals surface area contributed by atoms with Crippen LogP contribution in [0.2, 0.25) is 5.02 Å². The Bertz CT molecular complexity index is 1530. The molecule has 12 heteroatoms. The topological polar surface area (TPSA) is 86.8 Å².